The Labute approximate surface area is 118 Å². The predicted molar refractivity (Wildman–Crippen MR) is 84.2 cm³/mol. The van der Waals surface area contributed by atoms with Gasteiger partial charge in [0.1, 0.15) is 0 Å². The summed E-state index contributed by atoms with van der Waals surface area (Å²) in [6.45, 7) is 7.90. The summed E-state index contributed by atoms with van der Waals surface area (Å²) in [5.74, 6) is 2.80. The first-order valence-electron chi connectivity index (χ1n) is 7.43. The Morgan fingerprint density at radius 3 is 2.56 bits per heavy atom. The molecule has 0 amide bonds. The van der Waals surface area contributed by atoms with Gasteiger partial charge >= 0.3 is 0 Å². The van der Waals surface area contributed by atoms with Crippen molar-refractivity contribution in [2.45, 2.75) is 58.0 Å². The molecule has 18 heavy (non-hydrogen) atoms. The molecule has 4 unspecified atom stereocenters. The van der Waals surface area contributed by atoms with Gasteiger partial charge in [-0.3, -0.25) is 4.90 Å². The van der Waals surface area contributed by atoms with Gasteiger partial charge in [0.15, 0.2) is 0 Å². The molecule has 0 aromatic carbocycles. The van der Waals surface area contributed by atoms with E-state index in [4.69, 9.17) is 5.73 Å². The summed E-state index contributed by atoms with van der Waals surface area (Å²) in [5.41, 5.74) is 6.45. The molecule has 2 N–H and O–H groups in total. The van der Waals surface area contributed by atoms with Crippen molar-refractivity contribution in [2.75, 3.05) is 25.6 Å². The lowest BCUT2D eigenvalue weighted by molar-refractivity contribution is -0.00518. The fourth-order valence-electron chi connectivity index (χ4n) is 3.71. The number of rotatable bonds is 6. The summed E-state index contributed by atoms with van der Waals surface area (Å²) in [6, 6.07) is 0.666. The van der Waals surface area contributed by atoms with Gasteiger partial charge in [-0.1, -0.05) is 20.8 Å². The van der Waals surface area contributed by atoms with Crippen LogP contribution in [0.15, 0.2) is 0 Å². The van der Waals surface area contributed by atoms with Crippen molar-refractivity contribution in [3.63, 3.8) is 0 Å². The minimum atomic E-state index is 0.239. The average molecular weight is 273 g/mol. The Morgan fingerprint density at radius 1 is 1.44 bits per heavy atom. The van der Waals surface area contributed by atoms with Crippen molar-refractivity contribution in [3.05, 3.63) is 0 Å². The fourth-order valence-corrected chi connectivity index (χ4v) is 4.56. The molecule has 4 atom stereocenters. The summed E-state index contributed by atoms with van der Waals surface area (Å²) < 4.78 is 0. The van der Waals surface area contributed by atoms with Gasteiger partial charge in [-0.05, 0) is 50.8 Å². The molecule has 3 heteroatoms. The Hall–Kier alpha value is 0.270. The highest BCUT2D eigenvalue weighted by Crippen LogP contribution is 2.41. The van der Waals surface area contributed by atoms with E-state index in [0.29, 0.717) is 12.0 Å². The van der Waals surface area contributed by atoms with Crippen LogP contribution in [0.4, 0.5) is 0 Å². The van der Waals surface area contributed by atoms with Gasteiger partial charge < -0.3 is 5.73 Å². The molecule has 0 bridgehead atoms. The van der Waals surface area contributed by atoms with Crippen LogP contribution in [0.3, 0.4) is 0 Å². The zero-order valence-electron chi connectivity index (χ0n) is 12.9. The maximum Gasteiger partial charge on any atom is 0.0357 e. The highest BCUT2D eigenvalue weighted by atomic mass is 32.2. The van der Waals surface area contributed by atoms with Gasteiger partial charge in [-0.25, -0.2) is 0 Å². The summed E-state index contributed by atoms with van der Waals surface area (Å²) in [5, 5.41) is 0. The van der Waals surface area contributed by atoms with Crippen LogP contribution in [0, 0.1) is 11.8 Å². The normalized spacial score (nSPS) is 34.8. The molecule has 108 valence electrons. The van der Waals surface area contributed by atoms with E-state index in [2.05, 4.69) is 39.0 Å². The largest absolute Gasteiger partial charge is 0.329 e. The van der Waals surface area contributed by atoms with Crippen LogP contribution in [0.2, 0.25) is 0 Å². The molecular weight excluding hydrogens is 240 g/mol. The molecule has 1 aliphatic rings. The molecule has 0 spiro atoms. The van der Waals surface area contributed by atoms with E-state index in [9.17, 15) is 0 Å². The lowest BCUT2D eigenvalue weighted by atomic mass is 9.68. The summed E-state index contributed by atoms with van der Waals surface area (Å²) in [4.78, 5) is 2.63. The molecule has 0 aromatic heterocycles. The van der Waals surface area contributed by atoms with E-state index in [1.807, 2.05) is 11.8 Å². The van der Waals surface area contributed by atoms with Crippen LogP contribution in [-0.2, 0) is 0 Å². The molecule has 0 heterocycles. The third kappa shape index (κ3) is 3.23. The standard InChI is InChI=1S/C15H32N2S/c1-6-14(10-18-5)17(4)15(11-16)8-7-12(2)9-13(15)3/h12-14H,6-11,16H2,1-5H3. The smallest absolute Gasteiger partial charge is 0.0357 e. The van der Waals surface area contributed by atoms with Crippen LogP contribution in [0.25, 0.3) is 0 Å². The van der Waals surface area contributed by atoms with Crippen LogP contribution in [-0.4, -0.2) is 42.1 Å². The molecule has 0 radical (unpaired) electrons. The van der Waals surface area contributed by atoms with E-state index in [1.54, 1.807) is 0 Å². The first-order valence-corrected chi connectivity index (χ1v) is 8.83. The van der Waals surface area contributed by atoms with Crippen molar-refractivity contribution in [1.29, 1.82) is 0 Å². The molecule has 0 saturated heterocycles. The molecular formula is C15H32N2S. The van der Waals surface area contributed by atoms with E-state index in [-0.39, 0.29) is 5.54 Å². The summed E-state index contributed by atoms with van der Waals surface area (Å²) in [7, 11) is 2.31. The summed E-state index contributed by atoms with van der Waals surface area (Å²) in [6.07, 6.45) is 7.37. The van der Waals surface area contributed by atoms with Gasteiger partial charge in [0, 0.05) is 23.9 Å². The fraction of sp³-hybridized carbons (Fsp3) is 1.00. The Kier molecular flexibility index (Phi) is 6.49. The molecule has 1 rings (SSSR count). The molecule has 0 aliphatic heterocycles. The minimum Gasteiger partial charge on any atom is -0.329 e. The third-order valence-corrected chi connectivity index (χ3v) is 5.90. The number of nitrogens with two attached hydrogens (primary N) is 1. The van der Waals surface area contributed by atoms with Crippen LogP contribution in [0.5, 0.6) is 0 Å². The molecule has 2 nitrogen and oxygen atoms in total. The zero-order valence-corrected chi connectivity index (χ0v) is 13.7. The third-order valence-electron chi connectivity index (χ3n) is 5.18. The van der Waals surface area contributed by atoms with E-state index in [0.717, 1.165) is 12.5 Å². The van der Waals surface area contributed by atoms with Gasteiger partial charge in [0.05, 0.1) is 0 Å². The van der Waals surface area contributed by atoms with Gasteiger partial charge in [0.2, 0.25) is 0 Å². The van der Waals surface area contributed by atoms with Crippen LogP contribution >= 0.6 is 11.8 Å². The van der Waals surface area contributed by atoms with Crippen molar-refractivity contribution in [3.8, 4) is 0 Å². The van der Waals surface area contributed by atoms with Gasteiger partial charge in [-0.2, -0.15) is 11.8 Å². The first kappa shape index (κ1) is 16.3. The van der Waals surface area contributed by atoms with E-state index < -0.39 is 0 Å². The molecule has 1 saturated carbocycles. The highest BCUT2D eigenvalue weighted by Gasteiger charge is 2.43. The van der Waals surface area contributed by atoms with Gasteiger partial charge in [-0.15, -0.1) is 0 Å². The first-order chi connectivity index (χ1) is 8.51. The van der Waals surface area contributed by atoms with Crippen LogP contribution in [0.1, 0.15) is 46.5 Å². The second-order valence-corrected chi connectivity index (χ2v) is 7.13. The molecule has 1 aliphatic carbocycles. The Morgan fingerprint density at radius 2 is 2.11 bits per heavy atom. The lowest BCUT2D eigenvalue weighted by Gasteiger charge is -2.52. The molecule has 1 fully saturated rings. The average Bonchev–Trinajstić information content (AvgIpc) is 2.36. The van der Waals surface area contributed by atoms with Crippen molar-refractivity contribution in [2.24, 2.45) is 17.6 Å². The monoisotopic (exact) mass is 272 g/mol. The van der Waals surface area contributed by atoms with E-state index in [1.165, 1.54) is 31.4 Å². The Bertz CT molecular complexity index is 247. The SMILES string of the molecule is CCC(CSC)N(C)C1(CN)CCC(C)CC1C. The number of thioether (sulfide) groups is 1. The number of hydrogen-bond acceptors (Lipinski definition) is 3. The molecule has 0 aromatic rings. The van der Waals surface area contributed by atoms with Crippen molar-refractivity contribution < 1.29 is 0 Å². The minimum absolute atomic E-state index is 0.239. The van der Waals surface area contributed by atoms with E-state index >= 15 is 0 Å². The topological polar surface area (TPSA) is 29.3 Å². The van der Waals surface area contributed by atoms with Crippen molar-refractivity contribution in [1.82, 2.24) is 4.90 Å². The number of nitrogens with zero attached hydrogens (tertiary/aromatic N) is 1. The second-order valence-electron chi connectivity index (χ2n) is 6.22. The second kappa shape index (κ2) is 7.16. The quantitative estimate of drug-likeness (QED) is 0.805. The van der Waals surface area contributed by atoms with Crippen LogP contribution < -0.4 is 5.73 Å². The predicted octanol–water partition coefficient (Wildman–Crippen LogP) is 3.21. The Balaban J connectivity index is 2.85. The summed E-state index contributed by atoms with van der Waals surface area (Å²) >= 11 is 1.96. The van der Waals surface area contributed by atoms with Gasteiger partial charge in [0.25, 0.3) is 0 Å². The van der Waals surface area contributed by atoms with Crippen molar-refractivity contribution >= 4 is 11.8 Å². The maximum atomic E-state index is 6.22. The zero-order chi connectivity index (χ0) is 13.8. The maximum absolute atomic E-state index is 6.22. The highest BCUT2D eigenvalue weighted by molar-refractivity contribution is 7.98. The number of hydrogen-bond donors (Lipinski definition) is 1. The number of likely N-dealkylation sites (N-methyl/N-ethyl adjacent to an activating group) is 1. The lowest BCUT2D eigenvalue weighted by Crippen LogP contribution is -2.61.